The molecule has 0 aromatic heterocycles. The Bertz CT molecular complexity index is 125. The fourth-order valence-electron chi connectivity index (χ4n) is 1.60. The smallest absolute Gasteiger partial charge is 0.0780 e. The van der Waals surface area contributed by atoms with E-state index in [2.05, 4.69) is 35.2 Å². The van der Waals surface area contributed by atoms with Gasteiger partial charge in [-0.2, -0.15) is 0 Å². The first kappa shape index (κ1) is 13.9. The van der Waals surface area contributed by atoms with Crippen molar-refractivity contribution in [2.45, 2.75) is 32.1 Å². The lowest BCUT2D eigenvalue weighted by Gasteiger charge is -2.23. The molecule has 86 valence electrons. The summed E-state index contributed by atoms with van der Waals surface area (Å²) in [6.45, 7) is 2.65. The van der Waals surface area contributed by atoms with Crippen LogP contribution in [0.5, 0.6) is 0 Å². The van der Waals surface area contributed by atoms with Gasteiger partial charge >= 0.3 is 0 Å². The molecule has 0 fully saturated rings. The molecule has 0 spiro atoms. The van der Waals surface area contributed by atoms with Crippen molar-refractivity contribution in [3.05, 3.63) is 0 Å². The fourth-order valence-corrected chi connectivity index (χ4v) is 1.60. The lowest BCUT2D eigenvalue weighted by atomic mass is 10.1. The maximum absolute atomic E-state index is 2.27. The summed E-state index contributed by atoms with van der Waals surface area (Å²) in [6.07, 6.45) is 7.04. The molecule has 0 amide bonds. The highest BCUT2D eigenvalue weighted by molar-refractivity contribution is 4.43. The second kappa shape index (κ2) is 7.24. The van der Waals surface area contributed by atoms with E-state index in [0.717, 1.165) is 4.48 Å². The lowest BCUT2D eigenvalue weighted by molar-refractivity contribution is -0.870. The summed E-state index contributed by atoms with van der Waals surface area (Å²) in [5.74, 6) is 0. The van der Waals surface area contributed by atoms with E-state index in [1.807, 2.05) is 0 Å². The van der Waals surface area contributed by atoms with Gasteiger partial charge in [0.1, 0.15) is 0 Å². The van der Waals surface area contributed by atoms with E-state index in [0.29, 0.717) is 0 Å². The summed E-state index contributed by atoms with van der Waals surface area (Å²) < 4.78 is 1.11. The van der Waals surface area contributed by atoms with Crippen molar-refractivity contribution in [2.75, 3.05) is 48.3 Å². The van der Waals surface area contributed by atoms with Crippen LogP contribution < -0.4 is 4.90 Å². The van der Waals surface area contributed by atoms with E-state index in [4.69, 9.17) is 0 Å². The first-order chi connectivity index (χ1) is 6.42. The molecular weight excluding hydrogens is 172 g/mol. The Morgan fingerprint density at radius 3 is 1.79 bits per heavy atom. The molecule has 0 saturated heterocycles. The number of nitrogens with one attached hydrogen (secondary N) is 1. The SMILES string of the molecule is C[NH+](C)CCCCCCC[N+](C)(C)C. The Labute approximate surface area is 90.5 Å². The van der Waals surface area contributed by atoms with Gasteiger partial charge in [0.05, 0.1) is 48.3 Å². The van der Waals surface area contributed by atoms with Crippen LogP contribution in [-0.2, 0) is 0 Å². The van der Waals surface area contributed by atoms with Crippen LogP contribution >= 0.6 is 0 Å². The van der Waals surface area contributed by atoms with Crippen molar-refractivity contribution in [2.24, 2.45) is 0 Å². The molecule has 2 heteroatoms. The van der Waals surface area contributed by atoms with E-state index >= 15 is 0 Å². The zero-order valence-corrected chi connectivity index (χ0v) is 10.9. The number of hydrogen-bond acceptors (Lipinski definition) is 0. The van der Waals surface area contributed by atoms with Crippen LogP contribution in [0.25, 0.3) is 0 Å². The zero-order chi connectivity index (χ0) is 11.0. The summed E-state index contributed by atoms with van der Waals surface area (Å²) in [5, 5.41) is 0. The third-order valence-corrected chi connectivity index (χ3v) is 2.51. The highest BCUT2D eigenvalue weighted by atomic mass is 15.3. The third-order valence-electron chi connectivity index (χ3n) is 2.51. The standard InChI is InChI=1S/C12H29N2/c1-13(2)11-9-7-6-8-10-12-14(3,4)5/h6-12H2,1-5H3/q+1/p+1. The predicted octanol–water partition coefficient (Wildman–Crippen LogP) is 0.788. The molecule has 14 heavy (non-hydrogen) atoms. The van der Waals surface area contributed by atoms with Crippen LogP contribution in [0.2, 0.25) is 0 Å². The average molecular weight is 202 g/mol. The van der Waals surface area contributed by atoms with Crippen LogP contribution in [0.3, 0.4) is 0 Å². The van der Waals surface area contributed by atoms with E-state index in [9.17, 15) is 0 Å². The van der Waals surface area contributed by atoms with Gasteiger partial charge in [0.25, 0.3) is 0 Å². The molecule has 0 aliphatic heterocycles. The van der Waals surface area contributed by atoms with Gasteiger partial charge in [-0.3, -0.25) is 0 Å². The van der Waals surface area contributed by atoms with Crippen LogP contribution in [-0.4, -0.2) is 52.8 Å². The highest BCUT2D eigenvalue weighted by Crippen LogP contribution is 2.04. The van der Waals surface area contributed by atoms with Gasteiger partial charge in [0.2, 0.25) is 0 Å². The number of rotatable bonds is 8. The first-order valence-corrected chi connectivity index (χ1v) is 6.01. The second-order valence-corrected chi connectivity index (χ2v) is 5.74. The number of quaternary nitrogens is 2. The highest BCUT2D eigenvalue weighted by Gasteiger charge is 2.05. The van der Waals surface area contributed by atoms with Crippen molar-refractivity contribution in [1.82, 2.24) is 0 Å². The van der Waals surface area contributed by atoms with Crippen LogP contribution in [0.15, 0.2) is 0 Å². The molecule has 0 saturated carbocycles. The zero-order valence-electron chi connectivity index (χ0n) is 10.9. The summed E-state index contributed by atoms with van der Waals surface area (Å²) in [6, 6.07) is 0. The number of unbranched alkanes of at least 4 members (excludes halogenated alkanes) is 4. The van der Waals surface area contributed by atoms with Crippen molar-refractivity contribution in [3.8, 4) is 0 Å². The minimum atomic E-state index is 1.11. The fraction of sp³-hybridized carbons (Fsp3) is 1.00. The maximum atomic E-state index is 2.27. The molecule has 0 unspecified atom stereocenters. The molecular formula is C12H30N2+2. The minimum Gasteiger partial charge on any atom is -0.340 e. The summed E-state index contributed by atoms with van der Waals surface area (Å²) in [7, 11) is 11.3. The van der Waals surface area contributed by atoms with Gasteiger partial charge in [-0.1, -0.05) is 6.42 Å². The first-order valence-electron chi connectivity index (χ1n) is 6.01. The van der Waals surface area contributed by atoms with Gasteiger partial charge in [0.15, 0.2) is 0 Å². The maximum Gasteiger partial charge on any atom is 0.0780 e. The van der Waals surface area contributed by atoms with Crippen LogP contribution in [0.4, 0.5) is 0 Å². The predicted molar refractivity (Wildman–Crippen MR) is 63.7 cm³/mol. The minimum absolute atomic E-state index is 1.11. The second-order valence-electron chi connectivity index (χ2n) is 5.74. The summed E-state index contributed by atoms with van der Waals surface area (Å²) >= 11 is 0. The van der Waals surface area contributed by atoms with E-state index in [1.165, 1.54) is 45.2 Å². The monoisotopic (exact) mass is 202 g/mol. The van der Waals surface area contributed by atoms with E-state index in [-0.39, 0.29) is 0 Å². The molecule has 1 N–H and O–H groups in total. The van der Waals surface area contributed by atoms with Gasteiger partial charge in [-0.15, -0.1) is 0 Å². The summed E-state index contributed by atoms with van der Waals surface area (Å²) in [4.78, 5) is 1.58. The molecule has 0 atom stereocenters. The molecule has 0 heterocycles. The van der Waals surface area contributed by atoms with Crippen molar-refractivity contribution in [1.29, 1.82) is 0 Å². The van der Waals surface area contributed by atoms with Crippen molar-refractivity contribution < 1.29 is 9.38 Å². The van der Waals surface area contributed by atoms with E-state index in [1.54, 1.807) is 4.90 Å². The molecule has 0 radical (unpaired) electrons. The molecule has 0 aromatic rings. The van der Waals surface area contributed by atoms with Crippen molar-refractivity contribution in [3.63, 3.8) is 0 Å². The molecule has 0 aromatic carbocycles. The molecule has 0 rings (SSSR count). The Balaban J connectivity index is 3.07. The molecule has 0 bridgehead atoms. The summed E-state index contributed by atoms with van der Waals surface area (Å²) in [5.41, 5.74) is 0. The molecule has 0 aliphatic rings. The van der Waals surface area contributed by atoms with Gasteiger partial charge in [0, 0.05) is 0 Å². The van der Waals surface area contributed by atoms with E-state index < -0.39 is 0 Å². The molecule has 0 aliphatic carbocycles. The number of hydrogen-bond donors (Lipinski definition) is 1. The third kappa shape index (κ3) is 11.9. The van der Waals surface area contributed by atoms with Crippen molar-refractivity contribution >= 4 is 0 Å². The molecule has 2 nitrogen and oxygen atoms in total. The largest absolute Gasteiger partial charge is 0.340 e. The van der Waals surface area contributed by atoms with Gasteiger partial charge in [-0.05, 0) is 25.7 Å². The number of nitrogens with zero attached hydrogens (tertiary/aromatic N) is 1. The van der Waals surface area contributed by atoms with Crippen LogP contribution in [0, 0.1) is 0 Å². The normalized spacial score (nSPS) is 12.4. The average Bonchev–Trinajstić information content (AvgIpc) is 2.00. The van der Waals surface area contributed by atoms with Gasteiger partial charge in [-0.25, -0.2) is 0 Å². The Morgan fingerprint density at radius 1 is 0.786 bits per heavy atom. The Hall–Kier alpha value is -0.0800. The lowest BCUT2D eigenvalue weighted by Crippen LogP contribution is -3.05. The quantitative estimate of drug-likeness (QED) is 0.438. The topological polar surface area (TPSA) is 4.44 Å². The van der Waals surface area contributed by atoms with Gasteiger partial charge < -0.3 is 9.38 Å². The Kier molecular flexibility index (Phi) is 7.20. The Morgan fingerprint density at radius 2 is 1.29 bits per heavy atom. The van der Waals surface area contributed by atoms with Crippen LogP contribution in [0.1, 0.15) is 32.1 Å².